The van der Waals surface area contributed by atoms with Gasteiger partial charge in [-0.05, 0) is 25.8 Å². The predicted molar refractivity (Wildman–Crippen MR) is 69.9 cm³/mol. The maximum absolute atomic E-state index is 9.39. The number of benzene rings is 1. The summed E-state index contributed by atoms with van der Waals surface area (Å²) >= 11 is 0. The van der Waals surface area contributed by atoms with Crippen molar-refractivity contribution < 1.29 is 10.2 Å². The van der Waals surface area contributed by atoms with Crippen LogP contribution in [-0.2, 0) is 0 Å². The van der Waals surface area contributed by atoms with Crippen molar-refractivity contribution in [2.75, 3.05) is 13.2 Å². The molecule has 0 bridgehead atoms. The second kappa shape index (κ2) is 6.15. The lowest BCUT2D eigenvalue weighted by Crippen LogP contribution is -2.52. The Kier molecular flexibility index (Phi) is 5.12. The molecule has 0 aliphatic heterocycles. The van der Waals surface area contributed by atoms with Crippen molar-refractivity contribution in [1.82, 2.24) is 5.32 Å². The Bertz CT molecular complexity index is 322. The molecule has 1 unspecified atom stereocenters. The molecule has 1 aromatic carbocycles. The molecule has 0 fully saturated rings. The Labute approximate surface area is 103 Å². The van der Waals surface area contributed by atoms with E-state index in [4.69, 9.17) is 0 Å². The first-order chi connectivity index (χ1) is 8.06. The maximum atomic E-state index is 9.39. The van der Waals surface area contributed by atoms with E-state index in [9.17, 15) is 10.2 Å². The van der Waals surface area contributed by atoms with Crippen molar-refractivity contribution in [2.45, 2.75) is 38.8 Å². The van der Waals surface area contributed by atoms with Gasteiger partial charge in [0.1, 0.15) is 0 Å². The molecule has 0 heterocycles. The van der Waals surface area contributed by atoms with Crippen molar-refractivity contribution in [1.29, 1.82) is 0 Å². The van der Waals surface area contributed by atoms with E-state index in [-0.39, 0.29) is 19.3 Å². The lowest BCUT2D eigenvalue weighted by Gasteiger charge is -2.33. The van der Waals surface area contributed by atoms with E-state index >= 15 is 0 Å². The molecule has 1 atom stereocenters. The third-order valence-corrected chi connectivity index (χ3v) is 3.38. The van der Waals surface area contributed by atoms with E-state index in [0.29, 0.717) is 6.42 Å². The summed E-state index contributed by atoms with van der Waals surface area (Å²) in [6.45, 7) is 5.94. The summed E-state index contributed by atoms with van der Waals surface area (Å²) in [5, 5.41) is 22.1. The van der Waals surface area contributed by atoms with Crippen LogP contribution < -0.4 is 5.32 Å². The summed E-state index contributed by atoms with van der Waals surface area (Å²) in [6.07, 6.45) is 0.691. The molecule has 1 rings (SSSR count). The van der Waals surface area contributed by atoms with Crippen LogP contribution in [0.2, 0.25) is 0 Å². The monoisotopic (exact) mass is 237 g/mol. The molecule has 3 heteroatoms. The minimum absolute atomic E-state index is 0.0593. The van der Waals surface area contributed by atoms with Gasteiger partial charge in [0.2, 0.25) is 0 Å². The van der Waals surface area contributed by atoms with Gasteiger partial charge in [0.05, 0.1) is 18.8 Å². The molecule has 0 saturated heterocycles. The standard InChI is InChI=1S/C14H23NO2/c1-4-14(9-16,10-17)15-12(3)13-7-5-11(2)6-8-13/h5-8,12,15-17H,4,9-10H2,1-3H3. The van der Waals surface area contributed by atoms with Crippen LogP contribution in [-0.4, -0.2) is 29.0 Å². The summed E-state index contributed by atoms with van der Waals surface area (Å²) in [6, 6.07) is 8.39. The van der Waals surface area contributed by atoms with Gasteiger partial charge in [-0.2, -0.15) is 0 Å². The fourth-order valence-corrected chi connectivity index (χ4v) is 1.86. The summed E-state index contributed by atoms with van der Waals surface area (Å²) in [5.41, 5.74) is 1.80. The van der Waals surface area contributed by atoms with Crippen LogP contribution in [0, 0.1) is 6.92 Å². The Morgan fingerprint density at radius 3 is 2.12 bits per heavy atom. The van der Waals surface area contributed by atoms with Crippen LogP contribution in [0.25, 0.3) is 0 Å². The highest BCUT2D eigenvalue weighted by atomic mass is 16.3. The first-order valence-corrected chi connectivity index (χ1v) is 6.13. The number of hydrogen-bond acceptors (Lipinski definition) is 3. The van der Waals surface area contributed by atoms with E-state index in [2.05, 4.69) is 36.5 Å². The van der Waals surface area contributed by atoms with Gasteiger partial charge >= 0.3 is 0 Å². The number of nitrogens with one attached hydrogen (secondary N) is 1. The fraction of sp³-hybridized carbons (Fsp3) is 0.571. The number of aliphatic hydroxyl groups is 2. The number of hydrogen-bond donors (Lipinski definition) is 3. The van der Waals surface area contributed by atoms with Crippen LogP contribution in [0.1, 0.15) is 37.4 Å². The molecule has 17 heavy (non-hydrogen) atoms. The first-order valence-electron chi connectivity index (χ1n) is 6.13. The highest BCUT2D eigenvalue weighted by Crippen LogP contribution is 2.19. The lowest BCUT2D eigenvalue weighted by atomic mass is 9.95. The van der Waals surface area contributed by atoms with E-state index in [1.165, 1.54) is 5.56 Å². The number of rotatable bonds is 6. The average molecular weight is 237 g/mol. The zero-order chi connectivity index (χ0) is 12.9. The quantitative estimate of drug-likeness (QED) is 0.707. The molecule has 1 aromatic rings. The third-order valence-electron chi connectivity index (χ3n) is 3.38. The largest absolute Gasteiger partial charge is 0.394 e. The summed E-state index contributed by atoms with van der Waals surface area (Å²) in [7, 11) is 0. The van der Waals surface area contributed by atoms with Gasteiger partial charge in [-0.15, -0.1) is 0 Å². The van der Waals surface area contributed by atoms with Crippen LogP contribution in [0.5, 0.6) is 0 Å². The van der Waals surface area contributed by atoms with Gasteiger partial charge < -0.3 is 15.5 Å². The highest BCUT2D eigenvalue weighted by Gasteiger charge is 2.28. The molecule has 0 aliphatic carbocycles. The minimum atomic E-state index is -0.593. The molecule has 0 aromatic heterocycles. The van der Waals surface area contributed by atoms with Gasteiger partial charge in [-0.1, -0.05) is 36.8 Å². The Morgan fingerprint density at radius 1 is 1.18 bits per heavy atom. The van der Waals surface area contributed by atoms with Gasteiger partial charge in [0, 0.05) is 6.04 Å². The molecule has 0 saturated carbocycles. The summed E-state index contributed by atoms with van der Waals surface area (Å²) in [5.74, 6) is 0. The van der Waals surface area contributed by atoms with Gasteiger partial charge in [-0.25, -0.2) is 0 Å². The van der Waals surface area contributed by atoms with Gasteiger partial charge in [-0.3, -0.25) is 0 Å². The van der Waals surface area contributed by atoms with Gasteiger partial charge in [0.15, 0.2) is 0 Å². The molecule has 3 nitrogen and oxygen atoms in total. The molecular formula is C14H23NO2. The molecule has 3 N–H and O–H groups in total. The Balaban J connectivity index is 2.76. The summed E-state index contributed by atoms with van der Waals surface area (Å²) < 4.78 is 0. The Hall–Kier alpha value is -0.900. The second-order valence-corrected chi connectivity index (χ2v) is 4.73. The smallest absolute Gasteiger partial charge is 0.0650 e. The lowest BCUT2D eigenvalue weighted by molar-refractivity contribution is 0.0793. The van der Waals surface area contributed by atoms with Gasteiger partial charge in [0.25, 0.3) is 0 Å². The van der Waals surface area contributed by atoms with Crippen LogP contribution in [0.15, 0.2) is 24.3 Å². The van der Waals surface area contributed by atoms with E-state index in [1.807, 2.05) is 13.8 Å². The molecule has 0 radical (unpaired) electrons. The van der Waals surface area contributed by atoms with Crippen LogP contribution >= 0.6 is 0 Å². The molecule has 96 valence electrons. The topological polar surface area (TPSA) is 52.5 Å². The van der Waals surface area contributed by atoms with Crippen molar-refractivity contribution >= 4 is 0 Å². The van der Waals surface area contributed by atoms with E-state index < -0.39 is 5.54 Å². The van der Waals surface area contributed by atoms with E-state index in [1.54, 1.807) is 0 Å². The van der Waals surface area contributed by atoms with Crippen molar-refractivity contribution in [3.63, 3.8) is 0 Å². The van der Waals surface area contributed by atoms with E-state index in [0.717, 1.165) is 5.56 Å². The molecule has 0 amide bonds. The maximum Gasteiger partial charge on any atom is 0.0650 e. The first kappa shape index (κ1) is 14.2. The fourth-order valence-electron chi connectivity index (χ4n) is 1.86. The molecular weight excluding hydrogens is 214 g/mol. The zero-order valence-electron chi connectivity index (χ0n) is 10.9. The minimum Gasteiger partial charge on any atom is -0.394 e. The highest BCUT2D eigenvalue weighted by molar-refractivity contribution is 5.24. The summed E-state index contributed by atoms with van der Waals surface area (Å²) in [4.78, 5) is 0. The second-order valence-electron chi connectivity index (χ2n) is 4.73. The molecule has 0 aliphatic rings. The number of aliphatic hydroxyl groups excluding tert-OH is 2. The SMILES string of the molecule is CCC(CO)(CO)NC(C)c1ccc(C)cc1. The van der Waals surface area contributed by atoms with Crippen LogP contribution in [0.4, 0.5) is 0 Å². The van der Waals surface area contributed by atoms with Crippen LogP contribution in [0.3, 0.4) is 0 Å². The average Bonchev–Trinajstić information content (AvgIpc) is 2.37. The Morgan fingerprint density at radius 2 is 1.71 bits per heavy atom. The zero-order valence-corrected chi connectivity index (χ0v) is 10.9. The van der Waals surface area contributed by atoms with Crippen molar-refractivity contribution in [3.05, 3.63) is 35.4 Å². The molecule has 0 spiro atoms. The normalized spacial score (nSPS) is 13.7. The third kappa shape index (κ3) is 3.53. The number of aryl methyl sites for hydroxylation is 1. The van der Waals surface area contributed by atoms with Crippen molar-refractivity contribution in [2.24, 2.45) is 0 Å². The predicted octanol–water partition coefficient (Wildman–Crippen LogP) is 1.78. The van der Waals surface area contributed by atoms with Crippen molar-refractivity contribution in [3.8, 4) is 0 Å².